The van der Waals surface area contributed by atoms with Crippen molar-refractivity contribution >= 4 is 23.2 Å². The van der Waals surface area contributed by atoms with E-state index in [4.69, 9.17) is 16.3 Å². The van der Waals surface area contributed by atoms with Gasteiger partial charge in [-0.2, -0.15) is 0 Å². The van der Waals surface area contributed by atoms with Crippen molar-refractivity contribution in [2.75, 3.05) is 0 Å². The SMILES string of the molecule is O=C1C=CC(=O)c2c(O)c(Oc3cccc(O)c3)c(Cl)c(O)c21. The van der Waals surface area contributed by atoms with Gasteiger partial charge in [0.25, 0.3) is 0 Å². The van der Waals surface area contributed by atoms with Crippen LogP contribution in [-0.2, 0) is 0 Å². The lowest BCUT2D eigenvalue weighted by atomic mass is 9.92. The Hall–Kier alpha value is -2.99. The summed E-state index contributed by atoms with van der Waals surface area (Å²) in [7, 11) is 0. The number of carbonyl (C=O) groups is 2. The zero-order chi connectivity index (χ0) is 16.7. The Morgan fingerprint density at radius 2 is 1.52 bits per heavy atom. The Bertz CT molecular complexity index is 885. The van der Waals surface area contributed by atoms with Crippen LogP contribution < -0.4 is 4.74 Å². The third-order valence-electron chi connectivity index (χ3n) is 3.26. The Morgan fingerprint density at radius 1 is 0.913 bits per heavy atom. The zero-order valence-corrected chi connectivity index (χ0v) is 12.2. The number of ether oxygens (including phenoxy) is 1. The van der Waals surface area contributed by atoms with Crippen molar-refractivity contribution in [3.05, 3.63) is 52.6 Å². The quantitative estimate of drug-likeness (QED) is 0.730. The van der Waals surface area contributed by atoms with E-state index >= 15 is 0 Å². The lowest BCUT2D eigenvalue weighted by molar-refractivity contribution is 0.0988. The molecular formula is C16H9ClO6. The number of benzene rings is 2. The van der Waals surface area contributed by atoms with Crippen LogP contribution in [0.1, 0.15) is 20.7 Å². The summed E-state index contributed by atoms with van der Waals surface area (Å²) in [4.78, 5) is 23.8. The standard InChI is InChI=1S/C16H9ClO6/c17-13-14(21)11-9(19)4-5-10(20)12(11)15(22)16(13)23-8-3-1-2-7(18)6-8/h1-6,18,21-22H. The van der Waals surface area contributed by atoms with Crippen LogP contribution in [-0.4, -0.2) is 26.9 Å². The summed E-state index contributed by atoms with van der Waals surface area (Å²) >= 11 is 5.95. The highest BCUT2D eigenvalue weighted by molar-refractivity contribution is 6.36. The molecule has 6 nitrogen and oxygen atoms in total. The summed E-state index contributed by atoms with van der Waals surface area (Å²) in [5.41, 5.74) is -0.752. The van der Waals surface area contributed by atoms with E-state index in [0.717, 1.165) is 12.2 Å². The first kappa shape index (κ1) is 14.9. The van der Waals surface area contributed by atoms with Gasteiger partial charge in [0.05, 0.1) is 11.1 Å². The van der Waals surface area contributed by atoms with Crippen molar-refractivity contribution in [2.24, 2.45) is 0 Å². The molecule has 0 unspecified atom stereocenters. The molecule has 3 rings (SSSR count). The number of halogens is 1. The Morgan fingerprint density at radius 3 is 2.13 bits per heavy atom. The molecule has 0 saturated heterocycles. The zero-order valence-electron chi connectivity index (χ0n) is 11.4. The molecule has 0 aliphatic heterocycles. The Balaban J connectivity index is 2.20. The van der Waals surface area contributed by atoms with Gasteiger partial charge in [-0.1, -0.05) is 17.7 Å². The molecule has 0 radical (unpaired) electrons. The molecule has 0 amide bonds. The average Bonchev–Trinajstić information content (AvgIpc) is 2.51. The summed E-state index contributed by atoms with van der Waals surface area (Å²) in [6.07, 6.45) is 1.96. The highest BCUT2D eigenvalue weighted by Gasteiger charge is 2.32. The second-order valence-electron chi connectivity index (χ2n) is 4.75. The molecule has 1 aliphatic carbocycles. The maximum atomic E-state index is 11.9. The van der Waals surface area contributed by atoms with Gasteiger partial charge < -0.3 is 20.1 Å². The minimum Gasteiger partial charge on any atom is -0.508 e. The number of ketones is 2. The van der Waals surface area contributed by atoms with Gasteiger partial charge in [0, 0.05) is 6.07 Å². The second-order valence-corrected chi connectivity index (χ2v) is 5.13. The smallest absolute Gasteiger partial charge is 0.192 e. The number of phenolic OH excluding ortho intramolecular Hbond substituents is 3. The Labute approximate surface area is 134 Å². The fourth-order valence-electron chi connectivity index (χ4n) is 2.23. The van der Waals surface area contributed by atoms with Gasteiger partial charge in [0.1, 0.15) is 22.3 Å². The first-order chi connectivity index (χ1) is 10.9. The van der Waals surface area contributed by atoms with Crippen LogP contribution in [0.3, 0.4) is 0 Å². The molecule has 0 spiro atoms. The minimum atomic E-state index is -0.662. The molecule has 3 N–H and O–H groups in total. The molecular weight excluding hydrogens is 324 g/mol. The number of carbonyl (C=O) groups excluding carboxylic acids is 2. The summed E-state index contributed by atoms with van der Waals surface area (Å²) < 4.78 is 5.36. The summed E-state index contributed by atoms with van der Waals surface area (Å²) in [5.74, 6) is -2.99. The largest absolute Gasteiger partial charge is 0.508 e. The number of hydrogen-bond donors (Lipinski definition) is 3. The van der Waals surface area contributed by atoms with Crippen molar-refractivity contribution < 1.29 is 29.6 Å². The van der Waals surface area contributed by atoms with Gasteiger partial charge in [-0.25, -0.2) is 0 Å². The minimum absolute atomic E-state index is 0.0884. The van der Waals surface area contributed by atoms with Crippen molar-refractivity contribution in [3.8, 4) is 28.7 Å². The van der Waals surface area contributed by atoms with Crippen LogP contribution in [0.5, 0.6) is 28.7 Å². The number of fused-ring (bicyclic) bond motifs is 1. The molecule has 2 aromatic rings. The molecule has 7 heteroatoms. The number of rotatable bonds is 2. The van der Waals surface area contributed by atoms with Crippen LogP contribution in [0.2, 0.25) is 5.02 Å². The monoisotopic (exact) mass is 332 g/mol. The average molecular weight is 333 g/mol. The number of hydrogen-bond acceptors (Lipinski definition) is 6. The second kappa shape index (κ2) is 5.33. The summed E-state index contributed by atoms with van der Waals surface area (Å²) in [5, 5.41) is 29.4. The van der Waals surface area contributed by atoms with E-state index in [1.54, 1.807) is 0 Å². The first-order valence-corrected chi connectivity index (χ1v) is 6.79. The molecule has 0 saturated carbocycles. The van der Waals surface area contributed by atoms with Crippen LogP contribution in [0.15, 0.2) is 36.4 Å². The van der Waals surface area contributed by atoms with Gasteiger partial charge >= 0.3 is 0 Å². The molecule has 116 valence electrons. The van der Waals surface area contributed by atoms with Crippen molar-refractivity contribution in [1.82, 2.24) is 0 Å². The molecule has 2 aromatic carbocycles. The number of allylic oxidation sites excluding steroid dienone is 2. The molecule has 0 atom stereocenters. The van der Waals surface area contributed by atoms with Gasteiger partial charge in [-0.3, -0.25) is 9.59 Å². The van der Waals surface area contributed by atoms with Gasteiger partial charge in [-0.05, 0) is 24.3 Å². The van der Waals surface area contributed by atoms with E-state index < -0.39 is 28.1 Å². The van der Waals surface area contributed by atoms with Gasteiger partial charge in [0.15, 0.2) is 23.1 Å². The molecule has 1 aliphatic rings. The predicted octanol–water partition coefficient (Wildman–Crippen LogP) is 3.18. The van der Waals surface area contributed by atoms with E-state index in [1.807, 2.05) is 0 Å². The molecule has 23 heavy (non-hydrogen) atoms. The normalized spacial score (nSPS) is 13.1. The topological polar surface area (TPSA) is 104 Å². The molecule has 0 bridgehead atoms. The van der Waals surface area contributed by atoms with Gasteiger partial charge in [-0.15, -0.1) is 0 Å². The fourth-order valence-corrected chi connectivity index (χ4v) is 2.45. The fraction of sp³-hybridized carbons (Fsp3) is 0. The van der Waals surface area contributed by atoms with Crippen LogP contribution in [0.25, 0.3) is 0 Å². The van der Waals surface area contributed by atoms with Crippen LogP contribution >= 0.6 is 11.6 Å². The molecule has 0 fully saturated rings. The van der Waals surface area contributed by atoms with Crippen molar-refractivity contribution in [3.63, 3.8) is 0 Å². The summed E-state index contributed by atoms with van der Waals surface area (Å²) in [6, 6.07) is 5.62. The predicted molar refractivity (Wildman–Crippen MR) is 80.8 cm³/mol. The lowest BCUT2D eigenvalue weighted by Crippen LogP contribution is -2.13. The third-order valence-corrected chi connectivity index (χ3v) is 3.61. The van der Waals surface area contributed by atoms with E-state index in [9.17, 15) is 24.9 Å². The highest BCUT2D eigenvalue weighted by atomic mass is 35.5. The maximum Gasteiger partial charge on any atom is 0.192 e. The lowest BCUT2D eigenvalue weighted by Gasteiger charge is -2.18. The maximum absolute atomic E-state index is 11.9. The molecule has 0 aromatic heterocycles. The van der Waals surface area contributed by atoms with Gasteiger partial charge in [0.2, 0.25) is 0 Å². The van der Waals surface area contributed by atoms with E-state index in [-0.39, 0.29) is 28.4 Å². The van der Waals surface area contributed by atoms with Crippen molar-refractivity contribution in [1.29, 1.82) is 0 Å². The highest BCUT2D eigenvalue weighted by Crippen LogP contribution is 2.49. The van der Waals surface area contributed by atoms with Crippen molar-refractivity contribution in [2.45, 2.75) is 0 Å². The Kier molecular flexibility index (Phi) is 3.46. The molecule has 0 heterocycles. The van der Waals surface area contributed by atoms with E-state index in [0.29, 0.717) is 0 Å². The van der Waals surface area contributed by atoms with E-state index in [2.05, 4.69) is 0 Å². The number of aromatic hydroxyl groups is 3. The number of phenols is 3. The van der Waals surface area contributed by atoms with Crippen LogP contribution in [0.4, 0.5) is 0 Å². The third kappa shape index (κ3) is 2.39. The van der Waals surface area contributed by atoms with E-state index in [1.165, 1.54) is 24.3 Å². The van der Waals surface area contributed by atoms with Crippen LogP contribution in [0, 0.1) is 0 Å². The first-order valence-electron chi connectivity index (χ1n) is 6.41. The summed E-state index contributed by atoms with van der Waals surface area (Å²) in [6.45, 7) is 0.